The Labute approximate surface area is 147 Å². The van der Waals surface area contributed by atoms with Crippen LogP contribution in [0.5, 0.6) is 0 Å². The Kier molecular flexibility index (Phi) is 4.94. The van der Waals surface area contributed by atoms with E-state index in [1.807, 2.05) is 6.07 Å². The lowest BCUT2D eigenvalue weighted by Crippen LogP contribution is -2.24. The summed E-state index contributed by atoms with van der Waals surface area (Å²) >= 11 is 3.18. The third-order valence-corrected chi connectivity index (χ3v) is 4.41. The molecule has 0 aliphatic carbocycles. The lowest BCUT2D eigenvalue weighted by atomic mass is 10.1. The molecule has 1 aliphatic rings. The maximum atomic E-state index is 13.8. The number of nitrogens with zero attached hydrogens (tertiary/aromatic N) is 1. The van der Waals surface area contributed by atoms with Gasteiger partial charge in [-0.05, 0) is 42.3 Å². The molecule has 1 saturated heterocycles. The Bertz CT molecular complexity index is 794. The van der Waals surface area contributed by atoms with Crippen LogP contribution in [0.15, 0.2) is 46.9 Å². The molecule has 24 heavy (non-hydrogen) atoms. The van der Waals surface area contributed by atoms with E-state index >= 15 is 0 Å². The van der Waals surface area contributed by atoms with Gasteiger partial charge >= 0.3 is 0 Å². The topological polar surface area (TPSA) is 49.4 Å². The number of halogens is 2. The van der Waals surface area contributed by atoms with Gasteiger partial charge in [-0.1, -0.05) is 28.1 Å². The number of hydrogen-bond acceptors (Lipinski definition) is 2. The molecule has 1 heterocycles. The predicted molar refractivity (Wildman–Crippen MR) is 93.1 cm³/mol. The summed E-state index contributed by atoms with van der Waals surface area (Å²) in [4.78, 5) is 25.8. The van der Waals surface area contributed by atoms with E-state index in [-0.39, 0.29) is 17.5 Å². The predicted octanol–water partition coefficient (Wildman–Crippen LogP) is 3.96. The van der Waals surface area contributed by atoms with E-state index in [0.29, 0.717) is 23.0 Å². The van der Waals surface area contributed by atoms with Crippen LogP contribution in [0.4, 0.5) is 10.1 Å². The number of benzene rings is 2. The summed E-state index contributed by atoms with van der Waals surface area (Å²) in [6.45, 7) is 1.24. The Morgan fingerprint density at radius 1 is 1.25 bits per heavy atom. The molecule has 1 aliphatic heterocycles. The third kappa shape index (κ3) is 3.82. The number of likely N-dealkylation sites (tertiary alicyclic amines) is 1. The summed E-state index contributed by atoms with van der Waals surface area (Å²) in [6, 6.07) is 11.5. The van der Waals surface area contributed by atoms with Crippen LogP contribution in [0.25, 0.3) is 0 Å². The quantitative estimate of drug-likeness (QED) is 0.858. The number of carbonyl (C=O) groups is 2. The number of nitrogens with one attached hydrogen (secondary N) is 1. The number of rotatable bonds is 4. The molecule has 1 N–H and O–H groups in total. The minimum absolute atomic E-state index is 0.128. The number of amides is 2. The van der Waals surface area contributed by atoms with E-state index in [9.17, 15) is 14.0 Å². The molecule has 2 aromatic carbocycles. The first-order chi connectivity index (χ1) is 11.5. The van der Waals surface area contributed by atoms with Gasteiger partial charge in [0.1, 0.15) is 5.82 Å². The molecule has 0 radical (unpaired) electrons. The molecule has 2 aromatic rings. The van der Waals surface area contributed by atoms with Crippen molar-refractivity contribution in [3.63, 3.8) is 0 Å². The van der Waals surface area contributed by atoms with Gasteiger partial charge in [0.15, 0.2) is 0 Å². The minimum Gasteiger partial charge on any atom is -0.338 e. The lowest BCUT2D eigenvalue weighted by Gasteiger charge is -2.16. The van der Waals surface area contributed by atoms with E-state index in [1.165, 1.54) is 12.1 Å². The number of carbonyl (C=O) groups excluding carboxylic acids is 2. The third-order valence-electron chi connectivity index (χ3n) is 3.91. The van der Waals surface area contributed by atoms with Gasteiger partial charge in [-0.3, -0.25) is 9.59 Å². The first-order valence-electron chi connectivity index (χ1n) is 7.66. The Morgan fingerprint density at radius 2 is 2.08 bits per heavy atom. The summed E-state index contributed by atoms with van der Waals surface area (Å²) in [6.07, 6.45) is 1.46. The molecule has 124 valence electrons. The highest BCUT2D eigenvalue weighted by Crippen LogP contribution is 2.20. The van der Waals surface area contributed by atoms with Crippen molar-refractivity contribution < 1.29 is 14.0 Å². The number of hydrogen-bond donors (Lipinski definition) is 1. The first-order valence-corrected chi connectivity index (χ1v) is 8.45. The van der Waals surface area contributed by atoms with Crippen LogP contribution >= 0.6 is 15.9 Å². The van der Waals surface area contributed by atoms with Crippen LogP contribution in [-0.2, 0) is 11.3 Å². The normalized spacial score (nSPS) is 14.1. The Hall–Kier alpha value is -2.21. The fraction of sp³-hybridized carbons (Fsp3) is 0.222. The molecular formula is C18H16BrFN2O2. The standard InChI is InChI=1S/C18H16BrFN2O2/c19-14-6-7-16(15(20)10-14)21-18(24)13-4-1-3-12(9-13)11-22-8-2-5-17(22)23/h1,3-4,6-7,9-10H,2,5,8,11H2,(H,21,24). The van der Waals surface area contributed by atoms with Crippen LogP contribution in [-0.4, -0.2) is 23.3 Å². The average molecular weight is 391 g/mol. The van der Waals surface area contributed by atoms with Crippen molar-refractivity contribution in [2.75, 3.05) is 11.9 Å². The van der Waals surface area contributed by atoms with Crippen molar-refractivity contribution in [1.29, 1.82) is 0 Å². The molecule has 0 atom stereocenters. The van der Waals surface area contributed by atoms with Gasteiger partial charge in [0.05, 0.1) is 5.69 Å². The van der Waals surface area contributed by atoms with Crippen molar-refractivity contribution in [2.24, 2.45) is 0 Å². The largest absolute Gasteiger partial charge is 0.338 e. The highest BCUT2D eigenvalue weighted by atomic mass is 79.9. The first kappa shape index (κ1) is 16.6. The van der Waals surface area contributed by atoms with Crippen LogP contribution in [0.2, 0.25) is 0 Å². The van der Waals surface area contributed by atoms with Crippen molar-refractivity contribution in [2.45, 2.75) is 19.4 Å². The van der Waals surface area contributed by atoms with E-state index in [0.717, 1.165) is 18.5 Å². The van der Waals surface area contributed by atoms with Crippen molar-refractivity contribution in [1.82, 2.24) is 4.90 Å². The molecule has 0 spiro atoms. The smallest absolute Gasteiger partial charge is 0.255 e. The van der Waals surface area contributed by atoms with Crippen LogP contribution < -0.4 is 5.32 Å². The zero-order valence-electron chi connectivity index (χ0n) is 12.9. The molecule has 0 aromatic heterocycles. The SMILES string of the molecule is O=C(Nc1ccc(Br)cc1F)c1cccc(CN2CCCC2=O)c1. The molecule has 3 rings (SSSR count). The second-order valence-corrected chi connectivity index (χ2v) is 6.61. The van der Waals surface area contributed by atoms with Crippen LogP contribution in [0.3, 0.4) is 0 Å². The highest BCUT2D eigenvalue weighted by molar-refractivity contribution is 9.10. The second kappa shape index (κ2) is 7.13. The van der Waals surface area contributed by atoms with Gasteiger partial charge in [-0.25, -0.2) is 4.39 Å². The molecule has 0 saturated carbocycles. The van der Waals surface area contributed by atoms with Gasteiger partial charge in [-0.2, -0.15) is 0 Å². The summed E-state index contributed by atoms with van der Waals surface area (Å²) < 4.78 is 14.4. The van der Waals surface area contributed by atoms with Crippen LogP contribution in [0.1, 0.15) is 28.8 Å². The van der Waals surface area contributed by atoms with Gasteiger partial charge < -0.3 is 10.2 Å². The Balaban J connectivity index is 1.73. The molecular weight excluding hydrogens is 375 g/mol. The van der Waals surface area contributed by atoms with Gasteiger partial charge in [0.2, 0.25) is 5.91 Å². The van der Waals surface area contributed by atoms with Crippen molar-refractivity contribution >= 4 is 33.4 Å². The lowest BCUT2D eigenvalue weighted by molar-refractivity contribution is -0.128. The fourth-order valence-electron chi connectivity index (χ4n) is 2.69. The molecule has 0 unspecified atom stereocenters. The second-order valence-electron chi connectivity index (χ2n) is 5.70. The summed E-state index contributed by atoms with van der Waals surface area (Å²) in [5.41, 5.74) is 1.44. The zero-order chi connectivity index (χ0) is 17.1. The molecule has 0 bridgehead atoms. The van der Waals surface area contributed by atoms with E-state index in [4.69, 9.17) is 0 Å². The summed E-state index contributed by atoms with van der Waals surface area (Å²) in [7, 11) is 0. The van der Waals surface area contributed by atoms with E-state index < -0.39 is 5.82 Å². The maximum absolute atomic E-state index is 13.8. The van der Waals surface area contributed by atoms with Gasteiger partial charge in [0.25, 0.3) is 5.91 Å². The molecule has 2 amide bonds. The summed E-state index contributed by atoms with van der Waals surface area (Å²) in [5.74, 6) is -0.746. The molecule has 6 heteroatoms. The van der Waals surface area contributed by atoms with E-state index in [1.54, 1.807) is 29.2 Å². The van der Waals surface area contributed by atoms with Gasteiger partial charge in [-0.15, -0.1) is 0 Å². The average Bonchev–Trinajstić information content (AvgIpc) is 2.95. The number of anilines is 1. The van der Waals surface area contributed by atoms with Crippen molar-refractivity contribution in [3.8, 4) is 0 Å². The van der Waals surface area contributed by atoms with Crippen LogP contribution in [0, 0.1) is 5.82 Å². The zero-order valence-corrected chi connectivity index (χ0v) is 14.5. The Morgan fingerprint density at radius 3 is 2.79 bits per heavy atom. The fourth-order valence-corrected chi connectivity index (χ4v) is 3.02. The summed E-state index contributed by atoms with van der Waals surface area (Å²) in [5, 5.41) is 2.57. The van der Waals surface area contributed by atoms with Gasteiger partial charge in [0, 0.05) is 29.5 Å². The monoisotopic (exact) mass is 390 g/mol. The molecule has 1 fully saturated rings. The maximum Gasteiger partial charge on any atom is 0.255 e. The highest BCUT2D eigenvalue weighted by Gasteiger charge is 2.20. The van der Waals surface area contributed by atoms with E-state index in [2.05, 4.69) is 21.2 Å². The minimum atomic E-state index is -0.503. The van der Waals surface area contributed by atoms with Crippen molar-refractivity contribution in [3.05, 3.63) is 63.9 Å². The molecule has 4 nitrogen and oxygen atoms in total.